The van der Waals surface area contributed by atoms with Crippen LogP contribution in [0.15, 0.2) is 54.7 Å². The van der Waals surface area contributed by atoms with Gasteiger partial charge >= 0.3 is 5.97 Å². The number of rotatable bonds is 9. The van der Waals surface area contributed by atoms with Gasteiger partial charge in [-0.15, -0.1) is 0 Å². The third-order valence-corrected chi connectivity index (χ3v) is 7.29. The summed E-state index contributed by atoms with van der Waals surface area (Å²) >= 11 is 8.06. The fourth-order valence-electron chi connectivity index (χ4n) is 4.04. The van der Waals surface area contributed by atoms with Gasteiger partial charge in [-0.25, -0.2) is 4.98 Å². The fraction of sp³-hybridized carbons (Fsp3) is 0.385. The van der Waals surface area contributed by atoms with Gasteiger partial charge in [-0.2, -0.15) is 0 Å². The molecule has 2 aromatic carbocycles. The molecule has 1 saturated heterocycles. The molecular weight excluding hydrogens is 456 g/mol. The predicted octanol–water partition coefficient (Wildman–Crippen LogP) is 6.25. The molecule has 0 unspecified atom stereocenters. The smallest absolute Gasteiger partial charge is 0.310 e. The summed E-state index contributed by atoms with van der Waals surface area (Å²) in [6.45, 7) is 4.83. The Morgan fingerprint density at radius 1 is 1.18 bits per heavy atom. The number of hydrogen-bond acceptors (Lipinski definition) is 6. The molecule has 0 saturated carbocycles. The number of aromatic nitrogens is 1. The average molecular weight is 485 g/mol. The number of thiazole rings is 1. The molecule has 5 nitrogen and oxygen atoms in total. The van der Waals surface area contributed by atoms with Crippen LogP contribution < -0.4 is 9.64 Å². The molecule has 2 heterocycles. The maximum atomic E-state index is 11.7. The van der Waals surface area contributed by atoms with E-state index < -0.39 is 0 Å². The summed E-state index contributed by atoms with van der Waals surface area (Å²) in [6.07, 6.45) is 5.44. The van der Waals surface area contributed by atoms with Crippen LogP contribution in [-0.2, 0) is 16.0 Å². The lowest BCUT2D eigenvalue weighted by Crippen LogP contribution is -2.34. The number of hydrogen-bond donors (Lipinski definition) is 0. The minimum Gasteiger partial charge on any atom is -0.492 e. The van der Waals surface area contributed by atoms with E-state index in [4.69, 9.17) is 21.1 Å². The number of nitrogens with zero attached hydrogens (tertiary/aromatic N) is 2. The van der Waals surface area contributed by atoms with Crippen molar-refractivity contribution in [3.05, 3.63) is 65.3 Å². The van der Waals surface area contributed by atoms with E-state index in [0.717, 1.165) is 43.0 Å². The van der Waals surface area contributed by atoms with Crippen LogP contribution in [0.4, 0.5) is 5.13 Å². The second-order valence-corrected chi connectivity index (χ2v) is 9.60. The van der Waals surface area contributed by atoms with Crippen molar-refractivity contribution >= 4 is 34.0 Å². The molecule has 0 N–H and O–H groups in total. The van der Waals surface area contributed by atoms with Crippen molar-refractivity contribution in [2.45, 2.75) is 32.6 Å². The van der Waals surface area contributed by atoms with Gasteiger partial charge in [-0.1, -0.05) is 59.3 Å². The summed E-state index contributed by atoms with van der Waals surface area (Å²) < 4.78 is 11.0. The Hall–Kier alpha value is -2.57. The van der Waals surface area contributed by atoms with Crippen molar-refractivity contribution in [1.29, 1.82) is 0 Å². The van der Waals surface area contributed by atoms with E-state index in [2.05, 4.69) is 34.1 Å². The number of ether oxygens (including phenoxy) is 2. The Balaban J connectivity index is 1.23. The third-order valence-electron chi connectivity index (χ3n) is 5.87. The van der Waals surface area contributed by atoms with Crippen molar-refractivity contribution in [1.82, 2.24) is 4.98 Å². The van der Waals surface area contributed by atoms with E-state index in [1.165, 1.54) is 10.4 Å². The summed E-state index contributed by atoms with van der Waals surface area (Å²) in [5.74, 6) is 1.01. The minimum atomic E-state index is -0.242. The zero-order valence-corrected chi connectivity index (χ0v) is 20.4. The number of piperidine rings is 1. The average Bonchev–Trinajstić information content (AvgIpc) is 3.33. The number of esters is 1. The van der Waals surface area contributed by atoms with Crippen LogP contribution in [0, 0.1) is 5.92 Å². The first-order chi connectivity index (χ1) is 16.1. The Labute approximate surface area is 204 Å². The van der Waals surface area contributed by atoms with Crippen molar-refractivity contribution in [3.8, 4) is 16.2 Å². The van der Waals surface area contributed by atoms with Gasteiger partial charge in [0.2, 0.25) is 0 Å². The Kier molecular flexibility index (Phi) is 8.24. The minimum absolute atomic E-state index is 0.225. The molecule has 0 amide bonds. The van der Waals surface area contributed by atoms with E-state index >= 15 is 0 Å². The molecular formula is C26H29ClN2O3S. The van der Waals surface area contributed by atoms with Crippen molar-refractivity contribution < 1.29 is 14.3 Å². The lowest BCUT2D eigenvalue weighted by Gasteiger charge is -2.31. The normalized spacial score (nSPS) is 14.3. The quantitative estimate of drug-likeness (QED) is 0.336. The van der Waals surface area contributed by atoms with Gasteiger partial charge in [-0.3, -0.25) is 4.79 Å². The maximum absolute atomic E-state index is 11.7. The molecule has 174 valence electrons. The number of carbonyl (C=O) groups excluding carboxylic acids is 1. The van der Waals surface area contributed by atoms with Crippen molar-refractivity contribution in [2.75, 3.05) is 31.2 Å². The van der Waals surface area contributed by atoms with Gasteiger partial charge in [0.25, 0.3) is 0 Å². The summed E-state index contributed by atoms with van der Waals surface area (Å²) in [4.78, 5) is 20.0. The number of halogens is 1. The molecule has 0 aliphatic carbocycles. The number of anilines is 1. The molecule has 1 aromatic heterocycles. The van der Waals surface area contributed by atoms with E-state index in [-0.39, 0.29) is 12.4 Å². The second kappa shape index (κ2) is 11.5. The van der Waals surface area contributed by atoms with Crippen molar-refractivity contribution in [2.24, 2.45) is 5.92 Å². The molecule has 0 bridgehead atoms. The molecule has 0 radical (unpaired) electrons. The van der Waals surface area contributed by atoms with Crippen LogP contribution in [0.3, 0.4) is 0 Å². The maximum Gasteiger partial charge on any atom is 0.310 e. The van der Waals surface area contributed by atoms with E-state index in [1.54, 1.807) is 24.3 Å². The van der Waals surface area contributed by atoms with Crippen LogP contribution in [-0.4, -0.2) is 37.3 Å². The molecule has 0 atom stereocenters. The summed E-state index contributed by atoms with van der Waals surface area (Å²) in [7, 11) is 0. The van der Waals surface area contributed by atoms with Gasteiger partial charge in [0.05, 0.1) is 29.5 Å². The van der Waals surface area contributed by atoms with Crippen LogP contribution >= 0.6 is 22.9 Å². The first-order valence-electron chi connectivity index (χ1n) is 11.5. The zero-order chi connectivity index (χ0) is 23.0. The zero-order valence-electron chi connectivity index (χ0n) is 18.8. The monoisotopic (exact) mass is 484 g/mol. The molecule has 1 aliphatic rings. The Bertz CT molecular complexity index is 1050. The summed E-state index contributed by atoms with van der Waals surface area (Å²) in [6, 6.07) is 15.9. The van der Waals surface area contributed by atoms with Gasteiger partial charge in [0.1, 0.15) is 5.75 Å². The van der Waals surface area contributed by atoms with E-state index in [1.807, 2.05) is 24.4 Å². The molecule has 1 aliphatic heterocycles. The fourth-order valence-corrected chi connectivity index (χ4v) is 5.19. The van der Waals surface area contributed by atoms with Crippen LogP contribution in [0.1, 0.15) is 31.7 Å². The third kappa shape index (κ3) is 6.49. The first-order valence-corrected chi connectivity index (χ1v) is 12.6. The first kappa shape index (κ1) is 23.6. The van der Waals surface area contributed by atoms with Gasteiger partial charge in [-0.05, 0) is 55.4 Å². The molecule has 1 fully saturated rings. The molecule has 33 heavy (non-hydrogen) atoms. The second-order valence-electron chi connectivity index (χ2n) is 8.19. The van der Waals surface area contributed by atoms with Crippen LogP contribution in [0.5, 0.6) is 5.75 Å². The topological polar surface area (TPSA) is 51.7 Å². The molecule has 4 rings (SSSR count). The predicted molar refractivity (Wildman–Crippen MR) is 134 cm³/mol. The number of benzene rings is 2. The highest BCUT2D eigenvalue weighted by atomic mass is 35.5. The van der Waals surface area contributed by atoms with E-state index in [9.17, 15) is 4.79 Å². The number of carbonyl (C=O) groups is 1. The standard InChI is InChI=1S/C26H29ClN2O3S/c1-2-31-25(30)17-20-8-9-22(27)23(16-20)32-15-12-19-10-13-29(14-11-19)26-28-18-24(33-26)21-6-4-3-5-7-21/h3-9,16,18-19H,2,10-15,17H2,1H3. The van der Waals surface area contributed by atoms with Gasteiger partial charge < -0.3 is 14.4 Å². The molecule has 3 aromatic rings. The lowest BCUT2D eigenvalue weighted by atomic mass is 9.94. The molecule has 0 spiro atoms. The van der Waals surface area contributed by atoms with Crippen molar-refractivity contribution in [3.63, 3.8) is 0 Å². The summed E-state index contributed by atoms with van der Waals surface area (Å²) in [5.41, 5.74) is 2.07. The van der Waals surface area contributed by atoms with Gasteiger partial charge in [0, 0.05) is 19.3 Å². The largest absolute Gasteiger partial charge is 0.492 e. The highest BCUT2D eigenvalue weighted by Crippen LogP contribution is 2.33. The lowest BCUT2D eigenvalue weighted by molar-refractivity contribution is -0.142. The highest BCUT2D eigenvalue weighted by Gasteiger charge is 2.21. The Morgan fingerprint density at radius 3 is 2.73 bits per heavy atom. The van der Waals surface area contributed by atoms with Crippen LogP contribution in [0.2, 0.25) is 5.02 Å². The van der Waals surface area contributed by atoms with E-state index in [0.29, 0.717) is 29.9 Å². The summed E-state index contributed by atoms with van der Waals surface area (Å²) in [5, 5.41) is 1.67. The highest BCUT2D eigenvalue weighted by molar-refractivity contribution is 7.18. The SMILES string of the molecule is CCOC(=O)Cc1ccc(Cl)c(OCCC2CCN(c3ncc(-c4ccccc4)s3)CC2)c1. The molecule has 7 heteroatoms. The van der Waals surface area contributed by atoms with Crippen LogP contribution in [0.25, 0.3) is 10.4 Å². The van der Waals surface area contributed by atoms with Gasteiger partial charge in [0.15, 0.2) is 5.13 Å². The Morgan fingerprint density at radius 2 is 1.97 bits per heavy atom.